The predicted molar refractivity (Wildman–Crippen MR) is 103 cm³/mol. The van der Waals surface area contributed by atoms with E-state index in [1.807, 2.05) is 6.92 Å². The number of benzene rings is 2. The molecule has 0 bridgehead atoms. The van der Waals surface area contributed by atoms with Crippen molar-refractivity contribution in [2.45, 2.75) is 6.92 Å². The number of hydrogen-bond acceptors (Lipinski definition) is 6. The van der Waals surface area contributed by atoms with E-state index >= 15 is 0 Å². The molecular formula is C21H18O6. The minimum atomic E-state index is -0.492. The van der Waals surface area contributed by atoms with Gasteiger partial charge in [0.2, 0.25) is 5.43 Å². The van der Waals surface area contributed by atoms with Gasteiger partial charge in [-0.3, -0.25) is 4.79 Å². The van der Waals surface area contributed by atoms with Crippen molar-refractivity contribution in [2.24, 2.45) is 0 Å². The van der Waals surface area contributed by atoms with Crippen LogP contribution in [0.25, 0.3) is 28.2 Å². The molecular weight excluding hydrogens is 348 g/mol. The molecule has 6 heteroatoms. The van der Waals surface area contributed by atoms with Crippen molar-refractivity contribution in [2.75, 3.05) is 7.11 Å². The Kier molecular flexibility index (Phi) is 4.64. The van der Waals surface area contributed by atoms with Crippen molar-refractivity contribution in [3.05, 3.63) is 64.5 Å². The highest BCUT2D eigenvalue weighted by molar-refractivity contribution is 5.88. The van der Waals surface area contributed by atoms with Crippen LogP contribution >= 0.6 is 0 Å². The number of ether oxygens (including phenoxy) is 1. The average molecular weight is 366 g/mol. The first-order valence-corrected chi connectivity index (χ1v) is 8.04. The summed E-state index contributed by atoms with van der Waals surface area (Å²) in [6.07, 6.45) is 4.68. The molecule has 0 saturated heterocycles. The van der Waals surface area contributed by atoms with Crippen molar-refractivity contribution in [3.8, 4) is 34.1 Å². The van der Waals surface area contributed by atoms with Gasteiger partial charge in [-0.15, -0.1) is 0 Å². The highest BCUT2D eigenvalue weighted by Crippen LogP contribution is 2.37. The van der Waals surface area contributed by atoms with Crippen LogP contribution in [-0.4, -0.2) is 22.4 Å². The second-order valence-corrected chi connectivity index (χ2v) is 6.11. The number of phenolic OH excluding ortho intramolecular Hbond substituents is 3. The van der Waals surface area contributed by atoms with Gasteiger partial charge in [0.15, 0.2) is 11.5 Å². The smallest absolute Gasteiger partial charge is 0.204 e. The maximum Gasteiger partial charge on any atom is 0.204 e. The number of hydrogen-bond donors (Lipinski definition) is 3. The molecule has 0 fully saturated rings. The van der Waals surface area contributed by atoms with E-state index in [0.29, 0.717) is 11.1 Å². The minimum absolute atomic E-state index is 0.0559. The van der Waals surface area contributed by atoms with Gasteiger partial charge in [0.25, 0.3) is 0 Å². The molecule has 0 aliphatic carbocycles. The minimum Gasteiger partial charge on any atom is -0.508 e. The van der Waals surface area contributed by atoms with Gasteiger partial charge in [-0.25, -0.2) is 0 Å². The van der Waals surface area contributed by atoms with Crippen molar-refractivity contribution in [1.82, 2.24) is 0 Å². The first-order chi connectivity index (χ1) is 12.8. The lowest BCUT2D eigenvalue weighted by molar-refractivity contribution is 0.373. The van der Waals surface area contributed by atoms with Crippen LogP contribution in [0, 0.1) is 0 Å². The van der Waals surface area contributed by atoms with Crippen LogP contribution in [0.3, 0.4) is 0 Å². The fourth-order valence-corrected chi connectivity index (χ4v) is 2.79. The molecule has 0 saturated carbocycles. The standard InChI is InChI=1S/C21H18O6/c1-11(2)4-5-12-6-13(7-17(24)21(12)26-3)15-10-27-18-9-14(22)8-16(23)19(18)20(15)25/h4-10,22-24H,1H2,2-3H3/b5-4+. The lowest BCUT2D eigenvalue weighted by atomic mass is 10.0. The predicted octanol–water partition coefficient (Wildman–Crippen LogP) is 4.17. The number of aromatic hydroxyl groups is 3. The topological polar surface area (TPSA) is 100 Å². The Morgan fingerprint density at radius 3 is 2.56 bits per heavy atom. The number of methoxy groups -OCH3 is 1. The second kappa shape index (κ2) is 6.92. The first-order valence-electron chi connectivity index (χ1n) is 8.04. The summed E-state index contributed by atoms with van der Waals surface area (Å²) in [6.45, 7) is 5.61. The molecule has 3 N–H and O–H groups in total. The van der Waals surface area contributed by atoms with E-state index in [0.717, 1.165) is 11.6 Å². The molecule has 0 spiro atoms. The second-order valence-electron chi connectivity index (χ2n) is 6.11. The largest absolute Gasteiger partial charge is 0.508 e. The fraction of sp³-hybridized carbons (Fsp3) is 0.0952. The third-order valence-electron chi connectivity index (χ3n) is 4.00. The van der Waals surface area contributed by atoms with Crippen molar-refractivity contribution in [3.63, 3.8) is 0 Å². The molecule has 2 aromatic carbocycles. The van der Waals surface area contributed by atoms with Crippen LogP contribution in [0.2, 0.25) is 0 Å². The molecule has 0 radical (unpaired) electrons. The van der Waals surface area contributed by atoms with Crippen molar-refractivity contribution >= 4 is 17.0 Å². The summed E-state index contributed by atoms with van der Waals surface area (Å²) in [5.74, 6) is -0.495. The molecule has 0 amide bonds. The Balaban J connectivity index is 2.26. The Hall–Kier alpha value is -3.67. The lowest BCUT2D eigenvalue weighted by Crippen LogP contribution is -2.05. The average Bonchev–Trinajstić information content (AvgIpc) is 2.59. The van der Waals surface area contributed by atoms with Gasteiger partial charge >= 0.3 is 0 Å². The molecule has 138 valence electrons. The van der Waals surface area contributed by atoms with Gasteiger partial charge in [-0.1, -0.05) is 24.3 Å². The molecule has 3 rings (SSSR count). The van der Waals surface area contributed by atoms with Gasteiger partial charge in [0, 0.05) is 17.7 Å². The van der Waals surface area contributed by atoms with Gasteiger partial charge < -0.3 is 24.5 Å². The van der Waals surface area contributed by atoms with E-state index in [4.69, 9.17) is 9.15 Å². The summed E-state index contributed by atoms with van der Waals surface area (Å²) in [4.78, 5) is 12.9. The van der Waals surface area contributed by atoms with Crippen molar-refractivity contribution in [1.29, 1.82) is 0 Å². The van der Waals surface area contributed by atoms with Gasteiger partial charge in [0.1, 0.15) is 28.7 Å². The quantitative estimate of drug-likeness (QED) is 0.599. The van der Waals surface area contributed by atoms with Crippen LogP contribution in [0.4, 0.5) is 0 Å². The Morgan fingerprint density at radius 2 is 1.89 bits per heavy atom. The fourth-order valence-electron chi connectivity index (χ4n) is 2.79. The number of rotatable bonds is 4. The highest BCUT2D eigenvalue weighted by atomic mass is 16.5. The van der Waals surface area contributed by atoms with E-state index in [1.54, 1.807) is 18.2 Å². The maximum absolute atomic E-state index is 12.9. The number of phenols is 3. The third-order valence-corrected chi connectivity index (χ3v) is 4.00. The SMILES string of the molecule is C=C(C)/C=C/c1cc(-c2coc3cc(O)cc(O)c3c2=O)cc(O)c1OC. The van der Waals surface area contributed by atoms with Gasteiger partial charge in [-0.2, -0.15) is 0 Å². The first kappa shape index (κ1) is 18.1. The molecule has 6 nitrogen and oxygen atoms in total. The van der Waals surface area contributed by atoms with Gasteiger partial charge in [-0.05, 0) is 24.6 Å². The zero-order chi connectivity index (χ0) is 19.7. The van der Waals surface area contributed by atoms with Crippen LogP contribution < -0.4 is 10.2 Å². The van der Waals surface area contributed by atoms with Gasteiger partial charge in [0.05, 0.1) is 12.7 Å². The molecule has 0 atom stereocenters. The normalized spacial score (nSPS) is 11.2. The summed E-state index contributed by atoms with van der Waals surface area (Å²) >= 11 is 0. The number of allylic oxidation sites excluding steroid dienone is 2. The third kappa shape index (κ3) is 3.37. The van der Waals surface area contributed by atoms with Crippen LogP contribution in [0.5, 0.6) is 23.0 Å². The summed E-state index contributed by atoms with van der Waals surface area (Å²) in [5, 5.41) is 29.8. The summed E-state index contributed by atoms with van der Waals surface area (Å²) in [7, 11) is 1.43. The molecule has 0 aliphatic heterocycles. The molecule has 0 unspecified atom stereocenters. The van der Waals surface area contributed by atoms with E-state index in [1.165, 1.54) is 25.5 Å². The monoisotopic (exact) mass is 366 g/mol. The van der Waals surface area contributed by atoms with Crippen molar-refractivity contribution < 1.29 is 24.5 Å². The van der Waals surface area contributed by atoms with Crippen LogP contribution in [-0.2, 0) is 0 Å². The van der Waals surface area contributed by atoms with E-state index in [2.05, 4.69) is 6.58 Å². The molecule has 0 aliphatic rings. The zero-order valence-electron chi connectivity index (χ0n) is 14.8. The summed E-state index contributed by atoms with van der Waals surface area (Å²) in [6, 6.07) is 5.35. The Bertz CT molecular complexity index is 1140. The Morgan fingerprint density at radius 1 is 1.15 bits per heavy atom. The highest BCUT2D eigenvalue weighted by Gasteiger charge is 2.17. The molecule has 1 aromatic heterocycles. The van der Waals surface area contributed by atoms with Crippen LogP contribution in [0.15, 0.2) is 58.0 Å². The zero-order valence-corrected chi connectivity index (χ0v) is 14.8. The molecule has 1 heterocycles. The summed E-state index contributed by atoms with van der Waals surface area (Å²) < 4.78 is 10.6. The lowest BCUT2D eigenvalue weighted by Gasteiger charge is -2.11. The van der Waals surface area contributed by atoms with E-state index in [9.17, 15) is 20.1 Å². The molecule has 27 heavy (non-hydrogen) atoms. The maximum atomic E-state index is 12.9. The molecule has 3 aromatic rings. The number of fused-ring (bicyclic) bond motifs is 1. The summed E-state index contributed by atoms with van der Waals surface area (Å²) in [5.41, 5.74) is 1.44. The van der Waals surface area contributed by atoms with E-state index in [-0.39, 0.29) is 39.5 Å². The Labute approximate surface area is 154 Å². The van der Waals surface area contributed by atoms with E-state index < -0.39 is 5.43 Å². The van der Waals surface area contributed by atoms with Crippen LogP contribution in [0.1, 0.15) is 12.5 Å².